The monoisotopic (exact) mass is 465 g/mol. The number of esters is 1. The van der Waals surface area contributed by atoms with Gasteiger partial charge in [-0.1, -0.05) is 34.1 Å². The molecule has 5 nitrogen and oxygen atoms in total. The Bertz CT molecular complexity index is 949. The molecule has 28 heavy (non-hydrogen) atoms. The number of nitrogens with zero attached hydrogens (tertiary/aromatic N) is 1. The van der Waals surface area contributed by atoms with Gasteiger partial charge in [-0.3, -0.25) is 4.79 Å². The topological polar surface area (TPSA) is 63.7 Å². The van der Waals surface area contributed by atoms with E-state index < -0.39 is 10.0 Å². The molecule has 0 amide bonds. The van der Waals surface area contributed by atoms with Crippen LogP contribution < -0.4 is 0 Å². The summed E-state index contributed by atoms with van der Waals surface area (Å²) in [5.74, 6) is -0.521. The molecule has 0 radical (unpaired) electrons. The Kier molecular flexibility index (Phi) is 6.58. The highest BCUT2D eigenvalue weighted by Crippen LogP contribution is 2.26. The van der Waals surface area contributed by atoms with Crippen molar-refractivity contribution in [3.05, 3.63) is 63.6 Å². The van der Waals surface area contributed by atoms with Crippen molar-refractivity contribution in [2.45, 2.75) is 38.2 Å². The van der Waals surface area contributed by atoms with Gasteiger partial charge in [0.05, 0.1) is 10.8 Å². The lowest BCUT2D eigenvalue weighted by Crippen LogP contribution is -2.40. The van der Waals surface area contributed by atoms with E-state index in [1.54, 1.807) is 12.1 Å². The minimum atomic E-state index is -3.53. The van der Waals surface area contributed by atoms with Crippen molar-refractivity contribution in [3.63, 3.8) is 0 Å². The number of hydrogen-bond donors (Lipinski definition) is 0. The number of carbonyl (C=O) groups is 1. The van der Waals surface area contributed by atoms with Crippen molar-refractivity contribution in [2.75, 3.05) is 13.1 Å². The van der Waals surface area contributed by atoms with Crippen LogP contribution in [0.5, 0.6) is 0 Å². The van der Waals surface area contributed by atoms with E-state index in [1.807, 2.05) is 44.2 Å². The predicted molar refractivity (Wildman–Crippen MR) is 111 cm³/mol. The Morgan fingerprint density at radius 1 is 1.07 bits per heavy atom. The van der Waals surface area contributed by atoms with E-state index in [0.29, 0.717) is 30.8 Å². The van der Waals surface area contributed by atoms with Crippen LogP contribution in [0.1, 0.15) is 29.5 Å². The molecule has 0 aliphatic carbocycles. The average Bonchev–Trinajstić information content (AvgIpc) is 2.69. The predicted octanol–water partition coefficient (Wildman–Crippen LogP) is 4.21. The highest BCUT2D eigenvalue weighted by Gasteiger charge is 2.32. The SMILES string of the molecule is Cc1ccc(S(=O)(=O)N2CCC(C(=O)OCc3ccc(Br)cc3)CC2)cc1C. The number of sulfonamides is 1. The van der Waals surface area contributed by atoms with Crippen LogP contribution in [-0.2, 0) is 26.2 Å². The Morgan fingerprint density at radius 2 is 1.71 bits per heavy atom. The van der Waals surface area contributed by atoms with Crippen molar-refractivity contribution >= 4 is 31.9 Å². The van der Waals surface area contributed by atoms with Crippen molar-refractivity contribution in [1.29, 1.82) is 0 Å². The molecule has 1 saturated heterocycles. The second-order valence-corrected chi connectivity index (χ2v) is 10.0. The average molecular weight is 466 g/mol. The van der Waals surface area contributed by atoms with Gasteiger partial charge in [-0.05, 0) is 67.6 Å². The highest BCUT2D eigenvalue weighted by atomic mass is 79.9. The normalized spacial score (nSPS) is 16.1. The third-order valence-corrected chi connectivity index (χ3v) is 7.62. The lowest BCUT2D eigenvalue weighted by Gasteiger charge is -2.30. The molecule has 150 valence electrons. The van der Waals surface area contributed by atoms with Crippen LogP contribution in [0.15, 0.2) is 51.8 Å². The van der Waals surface area contributed by atoms with E-state index in [2.05, 4.69) is 15.9 Å². The summed E-state index contributed by atoms with van der Waals surface area (Å²) in [6.45, 7) is 4.74. The Hall–Kier alpha value is -1.70. The zero-order valence-electron chi connectivity index (χ0n) is 16.0. The van der Waals surface area contributed by atoms with Gasteiger partial charge in [0.1, 0.15) is 6.61 Å². The first-order chi connectivity index (χ1) is 13.3. The highest BCUT2D eigenvalue weighted by molar-refractivity contribution is 9.10. The molecule has 2 aromatic rings. The summed E-state index contributed by atoms with van der Waals surface area (Å²) in [7, 11) is -3.53. The zero-order chi connectivity index (χ0) is 20.3. The minimum absolute atomic E-state index is 0.229. The molecule has 1 fully saturated rings. The smallest absolute Gasteiger partial charge is 0.309 e. The van der Waals surface area contributed by atoms with Gasteiger partial charge in [-0.2, -0.15) is 4.31 Å². The van der Waals surface area contributed by atoms with Crippen LogP contribution in [-0.4, -0.2) is 31.8 Å². The van der Waals surface area contributed by atoms with Gasteiger partial charge >= 0.3 is 5.97 Å². The van der Waals surface area contributed by atoms with Crippen molar-refractivity contribution < 1.29 is 17.9 Å². The molecule has 0 bridgehead atoms. The molecule has 1 aliphatic rings. The summed E-state index contributed by atoms with van der Waals surface area (Å²) >= 11 is 3.37. The van der Waals surface area contributed by atoms with Crippen LogP contribution in [0, 0.1) is 19.8 Å². The number of benzene rings is 2. The number of aryl methyl sites for hydroxylation is 2. The molecule has 0 aromatic heterocycles. The fourth-order valence-electron chi connectivity index (χ4n) is 3.21. The van der Waals surface area contributed by atoms with Crippen LogP contribution in [0.2, 0.25) is 0 Å². The molecule has 1 heterocycles. The number of rotatable bonds is 5. The van der Waals surface area contributed by atoms with Crippen LogP contribution >= 0.6 is 15.9 Å². The molecule has 0 saturated carbocycles. The largest absolute Gasteiger partial charge is 0.461 e. The van der Waals surface area contributed by atoms with Crippen molar-refractivity contribution in [1.82, 2.24) is 4.31 Å². The summed E-state index contributed by atoms with van der Waals surface area (Å²) in [6.07, 6.45) is 0.951. The van der Waals surface area contributed by atoms with Crippen molar-refractivity contribution in [2.24, 2.45) is 5.92 Å². The van der Waals surface area contributed by atoms with Gasteiger partial charge in [0, 0.05) is 17.6 Å². The molecule has 0 unspecified atom stereocenters. The van der Waals surface area contributed by atoms with Gasteiger partial charge in [-0.25, -0.2) is 8.42 Å². The molecule has 3 rings (SSSR count). The zero-order valence-corrected chi connectivity index (χ0v) is 18.4. The second-order valence-electron chi connectivity index (χ2n) is 7.16. The fraction of sp³-hybridized carbons (Fsp3) is 0.381. The van der Waals surface area contributed by atoms with E-state index in [0.717, 1.165) is 21.2 Å². The number of halogens is 1. The Morgan fingerprint density at radius 3 is 2.32 bits per heavy atom. The van der Waals surface area contributed by atoms with Gasteiger partial charge < -0.3 is 4.74 Å². The molecule has 1 aliphatic heterocycles. The van der Waals surface area contributed by atoms with Gasteiger partial charge in [0.2, 0.25) is 10.0 Å². The van der Waals surface area contributed by atoms with E-state index in [1.165, 1.54) is 4.31 Å². The molecular weight excluding hydrogens is 442 g/mol. The minimum Gasteiger partial charge on any atom is -0.461 e. The van der Waals surface area contributed by atoms with Crippen LogP contribution in [0.3, 0.4) is 0 Å². The first kappa shape index (κ1) is 21.0. The summed E-state index contributed by atoms with van der Waals surface area (Å²) in [6, 6.07) is 12.8. The molecule has 0 N–H and O–H groups in total. The summed E-state index contributed by atoms with van der Waals surface area (Å²) < 4.78 is 33.6. The maximum atomic E-state index is 12.9. The van der Waals surface area contributed by atoms with Crippen molar-refractivity contribution in [3.8, 4) is 0 Å². The second kappa shape index (κ2) is 8.76. The van der Waals surface area contributed by atoms with Gasteiger partial charge in [0.25, 0.3) is 0 Å². The van der Waals surface area contributed by atoms with Gasteiger partial charge in [0.15, 0.2) is 0 Å². The first-order valence-corrected chi connectivity index (χ1v) is 11.5. The fourth-order valence-corrected chi connectivity index (χ4v) is 5.03. The number of ether oxygens (including phenoxy) is 1. The third kappa shape index (κ3) is 4.82. The van der Waals surface area contributed by atoms with E-state index in [4.69, 9.17) is 4.74 Å². The van der Waals surface area contributed by atoms with Crippen LogP contribution in [0.25, 0.3) is 0 Å². The number of carbonyl (C=O) groups excluding carboxylic acids is 1. The van der Waals surface area contributed by atoms with E-state index in [9.17, 15) is 13.2 Å². The maximum absolute atomic E-state index is 12.9. The quantitative estimate of drug-likeness (QED) is 0.620. The lowest BCUT2D eigenvalue weighted by atomic mass is 9.98. The first-order valence-electron chi connectivity index (χ1n) is 9.26. The number of hydrogen-bond acceptors (Lipinski definition) is 4. The molecule has 7 heteroatoms. The molecule has 0 atom stereocenters. The standard InChI is InChI=1S/C21H24BrNO4S/c1-15-3-8-20(13-16(15)2)28(25,26)23-11-9-18(10-12-23)21(24)27-14-17-4-6-19(22)7-5-17/h3-8,13,18H,9-12,14H2,1-2H3. The maximum Gasteiger partial charge on any atom is 0.309 e. The lowest BCUT2D eigenvalue weighted by molar-refractivity contribution is -0.151. The Balaban J connectivity index is 1.56. The summed E-state index contributed by atoms with van der Waals surface area (Å²) in [4.78, 5) is 12.7. The van der Waals surface area contributed by atoms with Gasteiger partial charge in [-0.15, -0.1) is 0 Å². The van der Waals surface area contributed by atoms with E-state index in [-0.39, 0.29) is 18.5 Å². The summed E-state index contributed by atoms with van der Waals surface area (Å²) in [5.41, 5.74) is 2.94. The summed E-state index contributed by atoms with van der Waals surface area (Å²) in [5, 5.41) is 0. The van der Waals surface area contributed by atoms with Crippen LogP contribution in [0.4, 0.5) is 0 Å². The third-order valence-electron chi connectivity index (χ3n) is 5.20. The molecule has 2 aromatic carbocycles. The Labute approximate surface area is 174 Å². The molecular formula is C21H24BrNO4S. The number of piperidine rings is 1. The molecule has 0 spiro atoms. The van der Waals surface area contributed by atoms with E-state index >= 15 is 0 Å².